The summed E-state index contributed by atoms with van der Waals surface area (Å²) < 4.78 is 1.63. The quantitative estimate of drug-likeness (QED) is 0.637. The van der Waals surface area contributed by atoms with Gasteiger partial charge in [0.2, 0.25) is 11.8 Å². The SMILES string of the molecule is CCc1nn(C)cc1Nc1nc(N)nc(C)c1[N+](=O)[O-]. The molecule has 0 aliphatic heterocycles. The van der Waals surface area contributed by atoms with Crippen LogP contribution < -0.4 is 11.1 Å². The summed E-state index contributed by atoms with van der Waals surface area (Å²) in [6.07, 6.45) is 2.42. The predicted octanol–water partition coefficient (Wildman–Crippen LogP) is 1.31. The highest BCUT2D eigenvalue weighted by Gasteiger charge is 2.22. The van der Waals surface area contributed by atoms with Crippen LogP contribution in [0.15, 0.2) is 6.20 Å². The third-order valence-electron chi connectivity index (χ3n) is 2.75. The van der Waals surface area contributed by atoms with E-state index in [0.717, 1.165) is 5.69 Å². The van der Waals surface area contributed by atoms with Crippen LogP contribution in [-0.4, -0.2) is 24.7 Å². The van der Waals surface area contributed by atoms with Crippen molar-refractivity contribution in [1.29, 1.82) is 0 Å². The molecule has 2 heterocycles. The molecule has 2 rings (SSSR count). The number of nitro groups is 1. The molecule has 3 N–H and O–H groups in total. The number of nitrogen functional groups attached to an aromatic ring is 1. The third kappa shape index (κ3) is 2.51. The van der Waals surface area contributed by atoms with E-state index in [1.807, 2.05) is 6.92 Å². The van der Waals surface area contributed by atoms with Crippen molar-refractivity contribution in [3.63, 3.8) is 0 Å². The van der Waals surface area contributed by atoms with Gasteiger partial charge in [0.05, 0.1) is 16.3 Å². The van der Waals surface area contributed by atoms with E-state index in [2.05, 4.69) is 20.4 Å². The first-order valence-corrected chi connectivity index (χ1v) is 6.00. The van der Waals surface area contributed by atoms with E-state index in [0.29, 0.717) is 12.1 Å². The number of aromatic nitrogens is 4. The lowest BCUT2D eigenvalue weighted by atomic mass is 10.3. The van der Waals surface area contributed by atoms with E-state index in [4.69, 9.17) is 5.73 Å². The Morgan fingerprint density at radius 2 is 2.20 bits per heavy atom. The van der Waals surface area contributed by atoms with Crippen LogP contribution in [0, 0.1) is 17.0 Å². The van der Waals surface area contributed by atoms with Gasteiger partial charge in [-0.25, -0.2) is 4.98 Å². The molecule has 9 heteroatoms. The molecule has 106 valence electrons. The second-order valence-corrected chi connectivity index (χ2v) is 4.26. The number of anilines is 3. The molecule has 2 aromatic rings. The number of rotatable bonds is 4. The number of nitrogens with two attached hydrogens (primary N) is 1. The molecule has 0 aliphatic rings. The van der Waals surface area contributed by atoms with Crippen LogP contribution in [0.25, 0.3) is 0 Å². The van der Waals surface area contributed by atoms with E-state index < -0.39 is 4.92 Å². The highest BCUT2D eigenvalue weighted by atomic mass is 16.6. The normalized spacial score (nSPS) is 10.6. The molecule has 0 radical (unpaired) electrons. The topological polar surface area (TPSA) is 125 Å². The number of aryl methyl sites for hydroxylation is 3. The fraction of sp³-hybridized carbons (Fsp3) is 0.364. The molecule has 9 nitrogen and oxygen atoms in total. The number of hydrogen-bond acceptors (Lipinski definition) is 7. The summed E-state index contributed by atoms with van der Waals surface area (Å²) in [4.78, 5) is 18.3. The van der Waals surface area contributed by atoms with Crippen LogP contribution in [0.4, 0.5) is 23.1 Å². The zero-order valence-electron chi connectivity index (χ0n) is 11.4. The molecule has 0 amide bonds. The first-order valence-electron chi connectivity index (χ1n) is 6.00. The molecule has 0 atom stereocenters. The fourth-order valence-electron chi connectivity index (χ4n) is 1.92. The summed E-state index contributed by atoms with van der Waals surface area (Å²) in [5.74, 6) is 0.0558. The van der Waals surface area contributed by atoms with Crippen LogP contribution in [0.1, 0.15) is 18.3 Å². The van der Waals surface area contributed by atoms with Gasteiger partial charge in [-0.15, -0.1) is 0 Å². The van der Waals surface area contributed by atoms with Crippen molar-refractivity contribution in [1.82, 2.24) is 19.7 Å². The van der Waals surface area contributed by atoms with Gasteiger partial charge in [-0.05, 0) is 13.3 Å². The summed E-state index contributed by atoms with van der Waals surface area (Å²) >= 11 is 0. The molecule has 0 saturated heterocycles. The Bertz CT molecular complexity index is 665. The van der Waals surface area contributed by atoms with E-state index >= 15 is 0 Å². The maximum Gasteiger partial charge on any atom is 0.332 e. The first-order chi connectivity index (χ1) is 9.42. The summed E-state index contributed by atoms with van der Waals surface area (Å²) in [6.45, 7) is 3.47. The number of nitrogens with one attached hydrogen (secondary N) is 1. The molecule has 20 heavy (non-hydrogen) atoms. The van der Waals surface area contributed by atoms with E-state index in [-0.39, 0.29) is 23.1 Å². The Labute approximate surface area is 115 Å². The molecular weight excluding hydrogens is 262 g/mol. The molecule has 0 fully saturated rings. The van der Waals surface area contributed by atoms with Crippen LogP contribution in [0.2, 0.25) is 0 Å². The second kappa shape index (κ2) is 5.11. The van der Waals surface area contributed by atoms with Crippen molar-refractivity contribution in [3.8, 4) is 0 Å². The Morgan fingerprint density at radius 3 is 2.80 bits per heavy atom. The van der Waals surface area contributed by atoms with Gasteiger partial charge in [-0.3, -0.25) is 14.8 Å². The zero-order chi connectivity index (χ0) is 14.9. The second-order valence-electron chi connectivity index (χ2n) is 4.26. The number of nitrogens with zero attached hydrogens (tertiary/aromatic N) is 5. The van der Waals surface area contributed by atoms with Gasteiger partial charge in [-0.1, -0.05) is 6.92 Å². The standard InChI is InChI=1S/C11H15N7O2/c1-4-7-8(5-17(3)16-7)14-10-9(18(19)20)6(2)13-11(12)15-10/h5H,4H2,1-3H3,(H3,12,13,14,15). The smallest absolute Gasteiger partial charge is 0.332 e. The molecule has 0 aliphatic carbocycles. The summed E-state index contributed by atoms with van der Waals surface area (Å²) in [5, 5.41) is 18.3. The molecule has 0 unspecified atom stereocenters. The zero-order valence-corrected chi connectivity index (χ0v) is 11.4. The summed E-state index contributed by atoms with van der Waals surface area (Å²) in [5.41, 5.74) is 7.03. The van der Waals surface area contributed by atoms with E-state index in [1.54, 1.807) is 17.9 Å². The van der Waals surface area contributed by atoms with Gasteiger partial charge >= 0.3 is 5.69 Å². The van der Waals surface area contributed by atoms with Crippen molar-refractivity contribution in [2.24, 2.45) is 7.05 Å². The molecule has 0 bridgehead atoms. The van der Waals surface area contributed by atoms with Gasteiger partial charge in [0.1, 0.15) is 5.69 Å². The Kier molecular flexibility index (Phi) is 3.51. The van der Waals surface area contributed by atoms with Crippen LogP contribution >= 0.6 is 0 Å². The van der Waals surface area contributed by atoms with Crippen molar-refractivity contribution in [2.75, 3.05) is 11.1 Å². The highest BCUT2D eigenvalue weighted by molar-refractivity contribution is 5.68. The highest BCUT2D eigenvalue weighted by Crippen LogP contribution is 2.29. The summed E-state index contributed by atoms with van der Waals surface area (Å²) in [6, 6.07) is 0. The maximum atomic E-state index is 11.1. The number of hydrogen-bond donors (Lipinski definition) is 2. The lowest BCUT2D eigenvalue weighted by Gasteiger charge is -2.07. The first kappa shape index (κ1) is 13.7. The minimum absolute atomic E-state index is 0.0162. The Morgan fingerprint density at radius 1 is 1.50 bits per heavy atom. The summed E-state index contributed by atoms with van der Waals surface area (Å²) in [7, 11) is 1.78. The maximum absolute atomic E-state index is 11.1. The average Bonchev–Trinajstić information content (AvgIpc) is 2.67. The van der Waals surface area contributed by atoms with Crippen molar-refractivity contribution in [3.05, 3.63) is 27.7 Å². The van der Waals surface area contributed by atoms with Gasteiger partial charge in [0.15, 0.2) is 0 Å². The van der Waals surface area contributed by atoms with Crippen LogP contribution in [-0.2, 0) is 13.5 Å². The van der Waals surface area contributed by atoms with E-state index in [1.165, 1.54) is 6.92 Å². The van der Waals surface area contributed by atoms with Crippen molar-refractivity contribution < 1.29 is 4.92 Å². The molecule has 0 aromatic carbocycles. The lowest BCUT2D eigenvalue weighted by molar-refractivity contribution is -0.385. The largest absolute Gasteiger partial charge is 0.368 e. The van der Waals surface area contributed by atoms with Gasteiger partial charge in [0, 0.05) is 13.2 Å². The molecular formula is C11H15N7O2. The molecule has 0 saturated carbocycles. The fourth-order valence-corrected chi connectivity index (χ4v) is 1.92. The van der Waals surface area contributed by atoms with Gasteiger partial charge in [0.25, 0.3) is 0 Å². The Balaban J connectivity index is 2.49. The predicted molar refractivity (Wildman–Crippen MR) is 73.7 cm³/mol. The minimum atomic E-state index is -0.529. The Hall–Kier alpha value is -2.71. The third-order valence-corrected chi connectivity index (χ3v) is 2.75. The molecule has 2 aromatic heterocycles. The van der Waals surface area contributed by atoms with Gasteiger partial charge in [-0.2, -0.15) is 10.1 Å². The van der Waals surface area contributed by atoms with Crippen LogP contribution in [0.5, 0.6) is 0 Å². The monoisotopic (exact) mass is 277 g/mol. The van der Waals surface area contributed by atoms with Gasteiger partial charge < -0.3 is 11.1 Å². The lowest BCUT2D eigenvalue weighted by Crippen LogP contribution is -2.07. The van der Waals surface area contributed by atoms with Crippen LogP contribution in [0.3, 0.4) is 0 Å². The molecule has 0 spiro atoms. The minimum Gasteiger partial charge on any atom is -0.368 e. The van der Waals surface area contributed by atoms with E-state index in [9.17, 15) is 10.1 Å². The van der Waals surface area contributed by atoms with Crippen molar-refractivity contribution in [2.45, 2.75) is 20.3 Å². The average molecular weight is 277 g/mol. The van der Waals surface area contributed by atoms with Crippen molar-refractivity contribution >= 4 is 23.1 Å².